The topological polar surface area (TPSA) is 119 Å². The summed E-state index contributed by atoms with van der Waals surface area (Å²) in [6, 6.07) is 13.3. The van der Waals surface area contributed by atoms with E-state index in [1.807, 2.05) is 24.4 Å². The Morgan fingerprint density at radius 3 is 2.68 bits per heavy atom. The minimum atomic E-state index is -0.305. The van der Waals surface area contributed by atoms with Crippen LogP contribution in [0.15, 0.2) is 79.5 Å². The van der Waals surface area contributed by atoms with E-state index < -0.39 is 0 Å². The number of fused-ring (bicyclic) bond motifs is 2. The number of allylic oxidation sites excluding steroid dienone is 1. The van der Waals surface area contributed by atoms with Crippen molar-refractivity contribution in [1.29, 1.82) is 0 Å². The van der Waals surface area contributed by atoms with E-state index in [4.69, 9.17) is 4.98 Å². The first-order valence-electron chi connectivity index (χ1n) is 14.9. The molecule has 1 aliphatic heterocycles. The molecule has 0 bridgehead atoms. The molecule has 2 aromatic carbocycles. The van der Waals surface area contributed by atoms with E-state index in [9.17, 15) is 9.50 Å². The Labute approximate surface area is 253 Å². The highest BCUT2D eigenvalue weighted by Gasteiger charge is 2.19. The lowest BCUT2D eigenvalue weighted by Crippen LogP contribution is -2.35. The fourth-order valence-electron chi connectivity index (χ4n) is 5.82. The zero-order valence-electron chi connectivity index (χ0n) is 24.4. The van der Waals surface area contributed by atoms with E-state index in [1.165, 1.54) is 6.07 Å². The molecule has 0 unspecified atom stereocenters. The third kappa shape index (κ3) is 5.57. The smallest absolute Gasteiger partial charge is 0.159 e. The normalized spacial score (nSPS) is 14.4. The molecule has 6 aromatic rings. The molecule has 10 heteroatoms. The number of anilines is 1. The molecule has 0 radical (unpaired) electrons. The van der Waals surface area contributed by atoms with Gasteiger partial charge in [0.05, 0.1) is 40.7 Å². The summed E-state index contributed by atoms with van der Waals surface area (Å²) in [5.74, 6) is 0.287. The van der Waals surface area contributed by atoms with Crippen molar-refractivity contribution in [3.05, 3.63) is 90.9 Å². The number of nitrogens with one attached hydrogen (secondary N) is 3. The van der Waals surface area contributed by atoms with E-state index in [2.05, 4.69) is 61.0 Å². The van der Waals surface area contributed by atoms with Gasteiger partial charge in [-0.25, -0.2) is 9.37 Å². The first kappa shape index (κ1) is 27.9. The van der Waals surface area contributed by atoms with Gasteiger partial charge in [-0.1, -0.05) is 19.6 Å². The van der Waals surface area contributed by atoms with Gasteiger partial charge in [-0.2, -0.15) is 5.10 Å². The van der Waals surface area contributed by atoms with Crippen LogP contribution in [-0.4, -0.2) is 59.3 Å². The molecule has 1 aliphatic rings. The van der Waals surface area contributed by atoms with Gasteiger partial charge in [-0.15, -0.1) is 0 Å². The maximum Gasteiger partial charge on any atom is 0.159 e. The first-order chi connectivity index (χ1) is 21.4. The molecular weight excluding hydrogens is 555 g/mol. The van der Waals surface area contributed by atoms with Crippen molar-refractivity contribution < 1.29 is 9.50 Å². The molecule has 0 spiro atoms. The number of halogens is 1. The molecular formula is C34H33FN8O. The summed E-state index contributed by atoms with van der Waals surface area (Å²) >= 11 is 0. The maximum absolute atomic E-state index is 14.9. The molecule has 0 aliphatic carbocycles. The van der Waals surface area contributed by atoms with Gasteiger partial charge < -0.3 is 15.4 Å². The van der Waals surface area contributed by atoms with E-state index in [0.29, 0.717) is 29.1 Å². The number of hydrogen-bond donors (Lipinski definition) is 4. The van der Waals surface area contributed by atoms with Crippen LogP contribution in [0.5, 0.6) is 0 Å². The molecule has 7 rings (SSSR count). The summed E-state index contributed by atoms with van der Waals surface area (Å²) < 4.78 is 14.9. The second-order valence-corrected chi connectivity index (χ2v) is 11.4. The molecule has 0 atom stereocenters. The number of benzene rings is 2. The van der Waals surface area contributed by atoms with Crippen LogP contribution < -0.4 is 5.32 Å². The SMILES string of the molecule is C=C(CC)Nc1cncc(-c2ccc3[nH]nc(-c4nc5c(-c6cc(F)cc(CN7CCC(O)CC7)c6)cncc5[nH]4)c3c2)c1. The van der Waals surface area contributed by atoms with Gasteiger partial charge in [0, 0.05) is 54.2 Å². The zero-order chi connectivity index (χ0) is 30.2. The average Bonchev–Trinajstić information content (AvgIpc) is 3.66. The fourth-order valence-corrected chi connectivity index (χ4v) is 5.82. The Morgan fingerprint density at radius 2 is 1.84 bits per heavy atom. The number of likely N-dealkylation sites (tertiary alicyclic amines) is 1. The van der Waals surface area contributed by atoms with E-state index in [1.54, 1.807) is 24.7 Å². The van der Waals surface area contributed by atoms with E-state index in [-0.39, 0.29) is 11.9 Å². The highest BCUT2D eigenvalue weighted by atomic mass is 19.1. The lowest BCUT2D eigenvalue weighted by molar-refractivity contribution is 0.0792. The summed E-state index contributed by atoms with van der Waals surface area (Å²) in [7, 11) is 0. The van der Waals surface area contributed by atoms with Gasteiger partial charge in [0.25, 0.3) is 0 Å². The summed E-state index contributed by atoms with van der Waals surface area (Å²) in [6.07, 6.45) is 9.12. The molecule has 1 fully saturated rings. The molecule has 1 saturated heterocycles. The molecule has 44 heavy (non-hydrogen) atoms. The number of aromatic nitrogens is 6. The van der Waals surface area contributed by atoms with Gasteiger partial charge in [-0.05, 0) is 72.4 Å². The summed E-state index contributed by atoms with van der Waals surface area (Å²) in [5.41, 5.74) is 9.09. The van der Waals surface area contributed by atoms with E-state index in [0.717, 1.165) is 82.4 Å². The van der Waals surface area contributed by atoms with Gasteiger partial charge in [0.2, 0.25) is 0 Å². The number of nitrogens with zero attached hydrogens (tertiary/aromatic N) is 5. The number of aliphatic hydroxyl groups is 1. The van der Waals surface area contributed by atoms with Gasteiger partial charge in [0.15, 0.2) is 5.82 Å². The van der Waals surface area contributed by atoms with Crippen LogP contribution in [0, 0.1) is 5.82 Å². The molecule has 0 amide bonds. The number of imidazole rings is 1. The van der Waals surface area contributed by atoms with Crippen LogP contribution >= 0.6 is 0 Å². The average molecular weight is 589 g/mol. The van der Waals surface area contributed by atoms with E-state index >= 15 is 0 Å². The standard InChI is InChI=1S/C34H33FN8O/c1-3-20(2)38-26-13-24(15-36-16-26)22-4-5-30-28(14-22)33(42-41-30)34-39-31-18-37-17-29(32(31)40-34)23-10-21(11-25(35)12-23)19-43-8-6-27(44)7-9-43/h4-5,10-18,27,38,44H,2-3,6-9,19H2,1H3,(H,39,40)(H,41,42). The Kier molecular flexibility index (Phi) is 7.37. The molecule has 0 saturated carbocycles. The van der Waals surface area contributed by atoms with Gasteiger partial charge in [0.1, 0.15) is 11.5 Å². The molecule has 222 valence electrons. The Morgan fingerprint density at radius 1 is 1.00 bits per heavy atom. The number of hydrogen-bond acceptors (Lipinski definition) is 7. The van der Waals surface area contributed by atoms with Crippen LogP contribution in [0.25, 0.3) is 55.7 Å². The number of aromatic amines is 2. The zero-order valence-corrected chi connectivity index (χ0v) is 24.4. The largest absolute Gasteiger partial charge is 0.393 e. The number of rotatable bonds is 8. The van der Waals surface area contributed by atoms with Crippen LogP contribution in [0.3, 0.4) is 0 Å². The second kappa shape index (κ2) is 11.6. The molecule has 4 aromatic heterocycles. The van der Waals surface area contributed by atoms with Gasteiger partial charge >= 0.3 is 0 Å². The van der Waals surface area contributed by atoms with Crippen LogP contribution in [-0.2, 0) is 6.54 Å². The van der Waals surface area contributed by atoms with Crippen molar-refractivity contribution >= 4 is 27.6 Å². The Bertz CT molecular complexity index is 1990. The highest BCUT2D eigenvalue weighted by molar-refractivity contribution is 5.98. The van der Waals surface area contributed by atoms with Crippen molar-refractivity contribution in [1.82, 2.24) is 35.0 Å². The minimum Gasteiger partial charge on any atom is -0.393 e. The summed E-state index contributed by atoms with van der Waals surface area (Å²) in [4.78, 5) is 19.4. The van der Waals surface area contributed by atoms with Crippen molar-refractivity contribution in [2.45, 2.75) is 38.8 Å². The summed E-state index contributed by atoms with van der Waals surface area (Å²) in [5, 5.41) is 21.8. The molecule has 4 N–H and O–H groups in total. The highest BCUT2D eigenvalue weighted by Crippen LogP contribution is 2.34. The Hall–Kier alpha value is -4.93. The maximum atomic E-state index is 14.9. The third-order valence-electron chi connectivity index (χ3n) is 8.23. The fraction of sp³-hybridized carbons (Fsp3) is 0.235. The van der Waals surface area contributed by atoms with Crippen LogP contribution in [0.1, 0.15) is 31.7 Å². The lowest BCUT2D eigenvalue weighted by atomic mass is 10.0. The molecule has 5 heterocycles. The van der Waals surface area contributed by atoms with Crippen molar-refractivity contribution in [3.63, 3.8) is 0 Å². The monoisotopic (exact) mass is 588 g/mol. The lowest BCUT2D eigenvalue weighted by Gasteiger charge is -2.29. The number of H-pyrrole nitrogens is 2. The van der Waals surface area contributed by atoms with Crippen molar-refractivity contribution in [3.8, 4) is 33.8 Å². The first-order valence-corrected chi connectivity index (χ1v) is 14.9. The van der Waals surface area contributed by atoms with Crippen LogP contribution in [0.2, 0.25) is 0 Å². The predicted molar refractivity (Wildman–Crippen MR) is 171 cm³/mol. The third-order valence-corrected chi connectivity index (χ3v) is 8.23. The minimum absolute atomic E-state index is 0.248. The number of pyridine rings is 2. The van der Waals surface area contributed by atoms with Crippen molar-refractivity contribution in [2.24, 2.45) is 0 Å². The summed E-state index contributed by atoms with van der Waals surface area (Å²) in [6.45, 7) is 8.29. The Balaban J connectivity index is 1.23. The van der Waals surface area contributed by atoms with Crippen LogP contribution in [0.4, 0.5) is 10.1 Å². The quantitative estimate of drug-likeness (QED) is 0.157. The van der Waals surface area contributed by atoms with Gasteiger partial charge in [-0.3, -0.25) is 20.0 Å². The number of piperidine rings is 1. The predicted octanol–water partition coefficient (Wildman–Crippen LogP) is 6.66. The second-order valence-electron chi connectivity index (χ2n) is 11.4. The number of aliphatic hydroxyl groups excluding tert-OH is 1. The van der Waals surface area contributed by atoms with Crippen molar-refractivity contribution in [2.75, 3.05) is 18.4 Å². The molecule has 9 nitrogen and oxygen atoms in total.